The Hall–Kier alpha value is -4.84. The van der Waals surface area contributed by atoms with Crippen molar-refractivity contribution < 1.29 is 9.21 Å². The number of nitrogens with two attached hydrogens (primary N) is 1. The van der Waals surface area contributed by atoms with Crippen molar-refractivity contribution in [3.63, 3.8) is 0 Å². The first-order chi connectivity index (χ1) is 19.4. The number of pyridine rings is 2. The van der Waals surface area contributed by atoms with E-state index in [4.69, 9.17) is 15.1 Å². The van der Waals surface area contributed by atoms with Crippen LogP contribution in [0, 0.1) is 6.92 Å². The highest BCUT2D eigenvalue weighted by Crippen LogP contribution is 2.30. The maximum absolute atomic E-state index is 13.3. The fourth-order valence-electron chi connectivity index (χ4n) is 5.01. The summed E-state index contributed by atoms with van der Waals surface area (Å²) in [6.45, 7) is 7.21. The number of rotatable bonds is 6. The Kier molecular flexibility index (Phi) is 6.60. The van der Waals surface area contributed by atoms with Crippen LogP contribution in [0.4, 0.5) is 11.6 Å². The molecular formula is C28H30N10O2. The lowest BCUT2D eigenvalue weighted by molar-refractivity contribution is 0.0946. The zero-order chi connectivity index (χ0) is 27.8. The average Bonchev–Trinajstić information content (AvgIpc) is 3.62. The van der Waals surface area contributed by atoms with Gasteiger partial charge in [0.15, 0.2) is 17.2 Å². The van der Waals surface area contributed by atoms with Crippen molar-refractivity contribution in [2.75, 3.05) is 37.3 Å². The number of carbonyl (C=O) groups is 1. The molecule has 0 spiro atoms. The number of nitrogen functional groups attached to an aromatic ring is 1. The van der Waals surface area contributed by atoms with Gasteiger partial charge in [0.2, 0.25) is 5.89 Å². The number of anilines is 2. The number of piperazine rings is 1. The molecule has 6 rings (SSSR count). The maximum Gasteiger partial charge on any atom is 0.274 e. The van der Waals surface area contributed by atoms with Gasteiger partial charge in [0, 0.05) is 49.3 Å². The largest absolute Gasteiger partial charge is 0.443 e. The van der Waals surface area contributed by atoms with Crippen LogP contribution in [0.5, 0.6) is 0 Å². The number of likely N-dealkylation sites (N-methyl/N-ethyl adjacent to an activating group) is 1. The van der Waals surface area contributed by atoms with Crippen molar-refractivity contribution in [3.05, 3.63) is 72.3 Å². The van der Waals surface area contributed by atoms with Crippen LogP contribution < -0.4 is 16.0 Å². The monoisotopic (exact) mass is 538 g/mol. The van der Waals surface area contributed by atoms with Crippen molar-refractivity contribution in [3.8, 4) is 22.8 Å². The van der Waals surface area contributed by atoms with Crippen LogP contribution in [-0.2, 0) is 6.54 Å². The zero-order valence-electron chi connectivity index (χ0n) is 22.6. The molecule has 1 fully saturated rings. The van der Waals surface area contributed by atoms with E-state index in [2.05, 4.69) is 49.0 Å². The molecule has 3 N–H and O–H groups in total. The van der Waals surface area contributed by atoms with E-state index in [0.29, 0.717) is 23.0 Å². The molecule has 204 valence electrons. The first kappa shape index (κ1) is 25.4. The lowest BCUT2D eigenvalue weighted by Crippen LogP contribution is -2.50. The topological polar surface area (TPSA) is 144 Å². The lowest BCUT2D eigenvalue weighted by atomic mass is 10.1. The standard InChI is InChI=1S/C28H30N10O2/c1-17-13-31-21-8-7-19(16-38(17)21)23-24(28-30-9-12-40-28)35-26(29)25(34-23)27(39)32-14-20-5-4-6-22(33-20)37-11-10-36(3)15-18(37)2/h4-9,12-13,16,18H,10-11,14-15H2,1-3H3,(H2,29,35)(H,32,39)/t18-/m0/s1. The molecule has 0 unspecified atom stereocenters. The minimum absolute atomic E-state index is 0.0107. The highest BCUT2D eigenvalue weighted by Gasteiger charge is 2.24. The van der Waals surface area contributed by atoms with Gasteiger partial charge in [-0.25, -0.2) is 24.9 Å². The van der Waals surface area contributed by atoms with Crippen LogP contribution in [0.2, 0.25) is 0 Å². The van der Waals surface area contributed by atoms with Gasteiger partial charge in [0.25, 0.3) is 5.91 Å². The molecule has 0 saturated carbocycles. The number of oxazole rings is 1. The predicted octanol–water partition coefficient (Wildman–Crippen LogP) is 2.80. The number of hydrogen-bond acceptors (Lipinski definition) is 10. The second kappa shape index (κ2) is 10.4. The van der Waals surface area contributed by atoms with Crippen molar-refractivity contribution in [1.29, 1.82) is 0 Å². The number of amides is 1. The lowest BCUT2D eigenvalue weighted by Gasteiger charge is -2.39. The van der Waals surface area contributed by atoms with Crippen LogP contribution in [0.25, 0.3) is 28.5 Å². The Morgan fingerprint density at radius 2 is 2.00 bits per heavy atom. The van der Waals surface area contributed by atoms with Crippen LogP contribution in [-0.4, -0.2) is 72.9 Å². The van der Waals surface area contributed by atoms with Gasteiger partial charge in [0.05, 0.1) is 18.4 Å². The van der Waals surface area contributed by atoms with Crippen LogP contribution in [0.1, 0.15) is 28.8 Å². The fourth-order valence-corrected chi connectivity index (χ4v) is 5.01. The molecular weight excluding hydrogens is 508 g/mol. The van der Waals surface area contributed by atoms with Crippen molar-refractivity contribution in [1.82, 2.24) is 39.5 Å². The van der Waals surface area contributed by atoms with E-state index >= 15 is 0 Å². The minimum atomic E-state index is -0.453. The van der Waals surface area contributed by atoms with Gasteiger partial charge in [-0.05, 0) is 45.2 Å². The number of fused-ring (bicyclic) bond motifs is 1. The molecule has 6 heterocycles. The molecule has 12 nitrogen and oxygen atoms in total. The zero-order valence-corrected chi connectivity index (χ0v) is 22.6. The molecule has 40 heavy (non-hydrogen) atoms. The molecule has 1 atom stereocenters. The van der Waals surface area contributed by atoms with E-state index in [0.717, 1.165) is 42.5 Å². The molecule has 1 amide bonds. The number of aryl methyl sites for hydroxylation is 1. The number of aromatic nitrogens is 6. The van der Waals surface area contributed by atoms with E-state index in [1.807, 2.05) is 47.9 Å². The fraction of sp³-hybridized carbons (Fsp3) is 0.286. The van der Waals surface area contributed by atoms with Crippen molar-refractivity contribution >= 4 is 23.2 Å². The summed E-state index contributed by atoms with van der Waals surface area (Å²) in [4.78, 5) is 40.5. The van der Waals surface area contributed by atoms with E-state index in [9.17, 15) is 4.79 Å². The first-order valence-corrected chi connectivity index (χ1v) is 13.1. The molecule has 5 aromatic rings. The smallest absolute Gasteiger partial charge is 0.274 e. The second-order valence-corrected chi connectivity index (χ2v) is 10.0. The third kappa shape index (κ3) is 4.84. The first-order valence-electron chi connectivity index (χ1n) is 13.1. The summed E-state index contributed by atoms with van der Waals surface area (Å²) in [5.41, 5.74) is 10.2. The Balaban J connectivity index is 1.28. The summed E-state index contributed by atoms with van der Waals surface area (Å²) in [5.74, 6) is 0.671. The number of nitrogens with one attached hydrogen (secondary N) is 1. The van der Waals surface area contributed by atoms with Crippen LogP contribution in [0.15, 0.2) is 59.6 Å². The quantitative estimate of drug-likeness (QED) is 0.331. The number of nitrogens with zero attached hydrogens (tertiary/aromatic N) is 8. The summed E-state index contributed by atoms with van der Waals surface area (Å²) in [6, 6.07) is 9.93. The summed E-state index contributed by atoms with van der Waals surface area (Å²) in [5, 5.41) is 2.91. The maximum atomic E-state index is 13.3. The Morgan fingerprint density at radius 3 is 2.80 bits per heavy atom. The van der Waals surface area contributed by atoms with E-state index < -0.39 is 5.91 Å². The number of carbonyl (C=O) groups excluding carboxylic acids is 1. The predicted molar refractivity (Wildman–Crippen MR) is 151 cm³/mol. The number of hydrogen-bond donors (Lipinski definition) is 2. The summed E-state index contributed by atoms with van der Waals surface area (Å²) in [6.07, 6.45) is 6.64. The van der Waals surface area contributed by atoms with Gasteiger partial charge in [-0.15, -0.1) is 0 Å². The van der Waals surface area contributed by atoms with E-state index in [-0.39, 0.29) is 23.9 Å². The molecule has 5 aromatic heterocycles. The summed E-state index contributed by atoms with van der Waals surface area (Å²) >= 11 is 0. The second-order valence-electron chi connectivity index (χ2n) is 10.0. The van der Waals surface area contributed by atoms with Gasteiger partial charge >= 0.3 is 0 Å². The normalized spacial score (nSPS) is 16.0. The molecule has 0 radical (unpaired) electrons. The van der Waals surface area contributed by atoms with Crippen molar-refractivity contribution in [2.24, 2.45) is 0 Å². The summed E-state index contributed by atoms with van der Waals surface area (Å²) in [7, 11) is 2.13. The average molecular weight is 539 g/mol. The molecule has 0 aliphatic carbocycles. The van der Waals surface area contributed by atoms with Gasteiger partial charge in [-0.1, -0.05) is 6.07 Å². The molecule has 1 saturated heterocycles. The van der Waals surface area contributed by atoms with Gasteiger partial charge < -0.3 is 29.7 Å². The SMILES string of the molecule is Cc1cnc2ccc(-c3nc(C(=O)NCc4cccc(N5CCN(C)C[C@@H]5C)n4)c(N)nc3-c3ncco3)cn12. The van der Waals surface area contributed by atoms with E-state index in [1.54, 1.807) is 6.20 Å². The highest BCUT2D eigenvalue weighted by molar-refractivity contribution is 5.97. The molecule has 1 aliphatic rings. The van der Waals surface area contributed by atoms with Crippen molar-refractivity contribution in [2.45, 2.75) is 26.4 Å². The van der Waals surface area contributed by atoms with Gasteiger partial charge in [-0.3, -0.25) is 4.79 Å². The molecule has 1 aliphatic heterocycles. The molecule has 0 bridgehead atoms. The Labute approximate surface area is 230 Å². The number of imidazole rings is 1. The highest BCUT2D eigenvalue weighted by atomic mass is 16.3. The third-order valence-corrected chi connectivity index (χ3v) is 7.08. The van der Waals surface area contributed by atoms with Crippen LogP contribution in [0.3, 0.4) is 0 Å². The minimum Gasteiger partial charge on any atom is -0.443 e. The van der Waals surface area contributed by atoms with Crippen LogP contribution >= 0.6 is 0 Å². The Morgan fingerprint density at radius 1 is 1.12 bits per heavy atom. The van der Waals surface area contributed by atoms with Gasteiger partial charge in [0.1, 0.15) is 23.4 Å². The Bertz CT molecular complexity index is 1680. The van der Waals surface area contributed by atoms with Gasteiger partial charge in [-0.2, -0.15) is 0 Å². The molecule has 0 aromatic carbocycles. The third-order valence-electron chi connectivity index (χ3n) is 7.08. The summed E-state index contributed by atoms with van der Waals surface area (Å²) < 4.78 is 7.45. The van der Waals surface area contributed by atoms with E-state index in [1.165, 1.54) is 12.5 Å². The molecule has 12 heteroatoms.